The zero-order valence-corrected chi connectivity index (χ0v) is 11.8. The molecule has 1 aromatic carbocycles. The number of carbonyl (C=O) groups is 1. The minimum absolute atomic E-state index is 0.109. The van der Waals surface area contributed by atoms with Gasteiger partial charge >= 0.3 is 0 Å². The number of nitrogens with two attached hydrogens (primary N) is 1. The van der Waals surface area contributed by atoms with Crippen LogP contribution in [0.3, 0.4) is 0 Å². The maximum atomic E-state index is 12.5. The van der Waals surface area contributed by atoms with Crippen LogP contribution in [0.5, 0.6) is 0 Å². The summed E-state index contributed by atoms with van der Waals surface area (Å²) in [6, 6.07) is 8.64. The minimum atomic E-state index is -0.199. The highest BCUT2D eigenvalue weighted by molar-refractivity contribution is 5.84. The molecule has 108 valence electrons. The Labute approximate surface area is 120 Å². The van der Waals surface area contributed by atoms with Crippen LogP contribution in [0.15, 0.2) is 24.3 Å². The van der Waals surface area contributed by atoms with Crippen LogP contribution < -0.4 is 16.4 Å². The monoisotopic (exact) mass is 273 g/mol. The van der Waals surface area contributed by atoms with Crippen molar-refractivity contribution in [1.29, 1.82) is 0 Å². The first kappa shape index (κ1) is 13.6. The maximum absolute atomic E-state index is 12.5. The van der Waals surface area contributed by atoms with Crippen LogP contribution in [0.1, 0.15) is 42.9 Å². The smallest absolute Gasteiger partial charge is 0.241 e. The van der Waals surface area contributed by atoms with Gasteiger partial charge in [-0.15, -0.1) is 0 Å². The molecule has 1 atom stereocenters. The first-order valence-corrected chi connectivity index (χ1v) is 7.61. The summed E-state index contributed by atoms with van der Waals surface area (Å²) in [5, 5.41) is 6.53. The summed E-state index contributed by atoms with van der Waals surface area (Å²) in [5.74, 6) is 0.109. The van der Waals surface area contributed by atoms with E-state index < -0.39 is 0 Å². The van der Waals surface area contributed by atoms with Crippen molar-refractivity contribution in [2.75, 3.05) is 6.54 Å². The highest BCUT2D eigenvalue weighted by Gasteiger charge is 2.28. The van der Waals surface area contributed by atoms with Crippen molar-refractivity contribution in [3.63, 3.8) is 0 Å². The topological polar surface area (TPSA) is 67.1 Å². The highest BCUT2D eigenvalue weighted by Crippen LogP contribution is 2.24. The predicted molar refractivity (Wildman–Crippen MR) is 79.3 cm³/mol. The lowest BCUT2D eigenvalue weighted by Crippen LogP contribution is -2.47. The van der Waals surface area contributed by atoms with Crippen molar-refractivity contribution in [3.05, 3.63) is 35.4 Å². The number of hydrogen-bond donors (Lipinski definition) is 3. The number of amides is 1. The molecule has 4 nitrogen and oxygen atoms in total. The van der Waals surface area contributed by atoms with E-state index >= 15 is 0 Å². The van der Waals surface area contributed by atoms with Crippen molar-refractivity contribution in [2.24, 2.45) is 5.73 Å². The highest BCUT2D eigenvalue weighted by atomic mass is 16.2. The molecule has 1 saturated carbocycles. The number of rotatable bonds is 2. The van der Waals surface area contributed by atoms with Gasteiger partial charge in [-0.3, -0.25) is 4.79 Å². The lowest BCUT2D eigenvalue weighted by Gasteiger charge is -2.31. The molecule has 4 N–H and O–H groups in total. The van der Waals surface area contributed by atoms with E-state index in [2.05, 4.69) is 22.8 Å². The van der Waals surface area contributed by atoms with Crippen molar-refractivity contribution in [1.82, 2.24) is 10.6 Å². The van der Waals surface area contributed by atoms with Gasteiger partial charge in [0.15, 0.2) is 0 Å². The molecular weight excluding hydrogens is 250 g/mol. The van der Waals surface area contributed by atoms with Gasteiger partial charge in [0, 0.05) is 18.6 Å². The molecule has 0 saturated heterocycles. The Morgan fingerprint density at radius 1 is 1.20 bits per heavy atom. The molecule has 0 radical (unpaired) electrons. The minimum Gasteiger partial charge on any atom is -0.352 e. The third kappa shape index (κ3) is 2.86. The van der Waals surface area contributed by atoms with Gasteiger partial charge in [0.05, 0.1) is 0 Å². The normalized spacial score (nSPS) is 29.6. The standard InChI is InChI=1S/C16H23N3O/c17-12-5-7-13(8-6-12)19-16(20)15-14-4-2-1-3-11(14)9-10-18-15/h1-4,12-13,15,18H,5-10,17H2,(H,19,20). The second-order valence-corrected chi connectivity index (χ2v) is 5.96. The van der Waals surface area contributed by atoms with E-state index in [9.17, 15) is 4.79 Å². The van der Waals surface area contributed by atoms with Gasteiger partial charge in [0.25, 0.3) is 0 Å². The molecule has 3 rings (SSSR count). The van der Waals surface area contributed by atoms with Gasteiger partial charge in [-0.05, 0) is 43.2 Å². The Morgan fingerprint density at radius 3 is 2.75 bits per heavy atom. The maximum Gasteiger partial charge on any atom is 0.241 e. The molecule has 1 aliphatic heterocycles. The van der Waals surface area contributed by atoms with E-state index in [0.717, 1.165) is 44.2 Å². The molecule has 0 bridgehead atoms. The lowest BCUT2D eigenvalue weighted by molar-refractivity contribution is -0.124. The molecular formula is C16H23N3O. The van der Waals surface area contributed by atoms with E-state index in [1.165, 1.54) is 5.56 Å². The Kier molecular flexibility index (Phi) is 4.03. The summed E-state index contributed by atoms with van der Waals surface area (Å²) in [6.45, 7) is 0.866. The van der Waals surface area contributed by atoms with Gasteiger partial charge in [-0.25, -0.2) is 0 Å². The molecule has 1 aliphatic carbocycles. The first-order valence-electron chi connectivity index (χ1n) is 7.61. The summed E-state index contributed by atoms with van der Waals surface area (Å²) in [6.07, 6.45) is 5.03. The average molecular weight is 273 g/mol. The molecule has 0 aromatic heterocycles. The zero-order valence-electron chi connectivity index (χ0n) is 11.8. The predicted octanol–water partition coefficient (Wildman–Crippen LogP) is 1.26. The van der Waals surface area contributed by atoms with Crippen molar-refractivity contribution < 1.29 is 4.79 Å². The molecule has 1 fully saturated rings. The van der Waals surface area contributed by atoms with Crippen LogP contribution >= 0.6 is 0 Å². The van der Waals surface area contributed by atoms with E-state index in [0.29, 0.717) is 6.04 Å². The molecule has 4 heteroatoms. The number of hydrogen-bond acceptors (Lipinski definition) is 3. The fourth-order valence-electron chi connectivity index (χ4n) is 3.29. The Hall–Kier alpha value is -1.39. The van der Waals surface area contributed by atoms with E-state index in [4.69, 9.17) is 5.73 Å². The van der Waals surface area contributed by atoms with Crippen LogP contribution in [-0.2, 0) is 11.2 Å². The van der Waals surface area contributed by atoms with Crippen molar-refractivity contribution in [3.8, 4) is 0 Å². The van der Waals surface area contributed by atoms with Gasteiger partial charge in [0.1, 0.15) is 6.04 Å². The summed E-state index contributed by atoms with van der Waals surface area (Å²) < 4.78 is 0. The molecule has 20 heavy (non-hydrogen) atoms. The van der Waals surface area contributed by atoms with Gasteiger partial charge in [-0.2, -0.15) is 0 Å². The largest absolute Gasteiger partial charge is 0.352 e. The summed E-state index contributed by atoms with van der Waals surface area (Å²) >= 11 is 0. The summed E-state index contributed by atoms with van der Waals surface area (Å²) in [5.41, 5.74) is 8.33. The first-order chi connectivity index (χ1) is 9.74. The van der Waals surface area contributed by atoms with Gasteiger partial charge < -0.3 is 16.4 Å². The van der Waals surface area contributed by atoms with E-state index in [1.807, 2.05) is 12.1 Å². The fourth-order valence-corrected chi connectivity index (χ4v) is 3.29. The fraction of sp³-hybridized carbons (Fsp3) is 0.562. The molecule has 1 amide bonds. The molecule has 1 heterocycles. The van der Waals surface area contributed by atoms with Crippen molar-refractivity contribution >= 4 is 5.91 Å². The van der Waals surface area contributed by atoms with Crippen LogP contribution in [0, 0.1) is 0 Å². The SMILES string of the molecule is NC1CCC(NC(=O)C2NCCc3ccccc32)CC1. The molecule has 1 aromatic rings. The molecule has 1 unspecified atom stereocenters. The van der Waals surface area contributed by atoms with Crippen LogP contribution in [0.25, 0.3) is 0 Å². The van der Waals surface area contributed by atoms with Crippen LogP contribution in [0.2, 0.25) is 0 Å². The van der Waals surface area contributed by atoms with E-state index in [-0.39, 0.29) is 18.0 Å². The Morgan fingerprint density at radius 2 is 1.95 bits per heavy atom. The average Bonchev–Trinajstić information content (AvgIpc) is 2.49. The zero-order chi connectivity index (χ0) is 13.9. The third-order valence-electron chi connectivity index (χ3n) is 4.49. The van der Waals surface area contributed by atoms with Gasteiger partial charge in [0.2, 0.25) is 5.91 Å². The molecule has 0 spiro atoms. The number of nitrogens with one attached hydrogen (secondary N) is 2. The van der Waals surface area contributed by atoms with Crippen LogP contribution in [-0.4, -0.2) is 24.5 Å². The lowest BCUT2D eigenvalue weighted by atomic mass is 9.90. The Balaban J connectivity index is 1.66. The van der Waals surface area contributed by atoms with Gasteiger partial charge in [-0.1, -0.05) is 24.3 Å². The third-order valence-corrected chi connectivity index (χ3v) is 4.49. The van der Waals surface area contributed by atoms with Crippen LogP contribution in [0.4, 0.5) is 0 Å². The number of carbonyl (C=O) groups excluding carboxylic acids is 1. The second-order valence-electron chi connectivity index (χ2n) is 5.96. The quantitative estimate of drug-likeness (QED) is 0.760. The molecule has 2 aliphatic rings. The van der Waals surface area contributed by atoms with Crippen molar-refractivity contribution in [2.45, 2.75) is 50.2 Å². The summed E-state index contributed by atoms with van der Waals surface area (Å²) in [7, 11) is 0. The van der Waals surface area contributed by atoms with E-state index in [1.54, 1.807) is 0 Å². The number of fused-ring (bicyclic) bond motifs is 1. The summed E-state index contributed by atoms with van der Waals surface area (Å²) in [4.78, 5) is 12.5. The second kappa shape index (κ2) is 5.94. The number of benzene rings is 1. The Bertz CT molecular complexity index is 480.